The van der Waals surface area contributed by atoms with Crippen LogP contribution in [-0.4, -0.2) is 18.8 Å². The van der Waals surface area contributed by atoms with Crippen LogP contribution in [0.25, 0.3) is 0 Å². The van der Waals surface area contributed by atoms with Crippen LogP contribution in [0.15, 0.2) is 24.3 Å². The fourth-order valence-electron chi connectivity index (χ4n) is 2.57. The second kappa shape index (κ2) is 5.38. The van der Waals surface area contributed by atoms with Gasteiger partial charge in [0, 0.05) is 11.6 Å². The van der Waals surface area contributed by atoms with Crippen LogP contribution in [-0.2, 0) is 4.74 Å². The van der Waals surface area contributed by atoms with Crippen LogP contribution in [0.4, 0.5) is 0 Å². The zero-order valence-electron chi connectivity index (χ0n) is 10.5. The van der Waals surface area contributed by atoms with E-state index < -0.39 is 0 Å². The average Bonchev–Trinajstić information content (AvgIpc) is 2.75. The largest absolute Gasteiger partial charge is 0.373 e. The van der Waals surface area contributed by atoms with Crippen LogP contribution in [0.2, 0.25) is 5.02 Å². The second-order valence-electron chi connectivity index (χ2n) is 4.81. The van der Waals surface area contributed by atoms with Crippen LogP contribution in [0.5, 0.6) is 0 Å². The summed E-state index contributed by atoms with van der Waals surface area (Å²) in [4.78, 5) is 0. The van der Waals surface area contributed by atoms with Crippen molar-refractivity contribution in [2.75, 3.05) is 13.2 Å². The van der Waals surface area contributed by atoms with Gasteiger partial charge in [0.05, 0.1) is 11.6 Å². The molecule has 1 heterocycles. The molecular weight excluding hydrogens is 234 g/mol. The van der Waals surface area contributed by atoms with Crippen molar-refractivity contribution in [1.82, 2.24) is 5.32 Å². The Morgan fingerprint density at radius 2 is 2.12 bits per heavy atom. The molecule has 1 aliphatic heterocycles. The quantitative estimate of drug-likeness (QED) is 0.886. The maximum atomic E-state index is 5.94. The molecule has 1 aromatic rings. The maximum absolute atomic E-state index is 5.94. The van der Waals surface area contributed by atoms with Crippen molar-refractivity contribution in [3.8, 4) is 0 Å². The van der Waals surface area contributed by atoms with Gasteiger partial charge in [-0.1, -0.05) is 30.7 Å². The van der Waals surface area contributed by atoms with Gasteiger partial charge in [-0.25, -0.2) is 0 Å². The normalized spacial score (nSPS) is 26.1. The third-order valence-electron chi connectivity index (χ3n) is 3.47. The van der Waals surface area contributed by atoms with Crippen molar-refractivity contribution in [3.05, 3.63) is 34.9 Å². The molecule has 0 aliphatic carbocycles. The fourth-order valence-corrected chi connectivity index (χ4v) is 2.70. The summed E-state index contributed by atoms with van der Waals surface area (Å²) >= 11 is 5.94. The highest BCUT2D eigenvalue weighted by atomic mass is 35.5. The Balaban J connectivity index is 2.24. The maximum Gasteiger partial charge on any atom is 0.0849 e. The molecule has 2 nitrogen and oxygen atoms in total. The summed E-state index contributed by atoms with van der Waals surface area (Å²) in [5.41, 5.74) is 1.16. The summed E-state index contributed by atoms with van der Waals surface area (Å²) in [6, 6.07) is 8.30. The second-order valence-corrected chi connectivity index (χ2v) is 5.24. The van der Waals surface area contributed by atoms with Crippen molar-refractivity contribution in [2.45, 2.75) is 38.3 Å². The highest BCUT2D eigenvalue weighted by molar-refractivity contribution is 6.30. The van der Waals surface area contributed by atoms with Gasteiger partial charge in [-0.05, 0) is 44.0 Å². The Bertz CT molecular complexity index is 357. The molecule has 94 valence electrons. The highest BCUT2D eigenvalue weighted by Crippen LogP contribution is 2.37. The molecule has 2 atom stereocenters. The lowest BCUT2D eigenvalue weighted by molar-refractivity contribution is -0.0120. The Morgan fingerprint density at radius 3 is 2.65 bits per heavy atom. The lowest BCUT2D eigenvalue weighted by Crippen LogP contribution is -2.41. The molecular formula is C14H20ClNO. The number of hydrogen-bond donors (Lipinski definition) is 1. The van der Waals surface area contributed by atoms with E-state index in [-0.39, 0.29) is 11.6 Å². The van der Waals surface area contributed by atoms with E-state index in [9.17, 15) is 0 Å². The van der Waals surface area contributed by atoms with Gasteiger partial charge in [-0.15, -0.1) is 0 Å². The Hall–Kier alpha value is -0.570. The Kier molecular flexibility index (Phi) is 4.08. The fraction of sp³-hybridized carbons (Fsp3) is 0.571. The first-order valence-corrected chi connectivity index (χ1v) is 6.66. The lowest BCUT2D eigenvalue weighted by atomic mass is 9.87. The first kappa shape index (κ1) is 12.9. The molecule has 0 radical (unpaired) electrons. The van der Waals surface area contributed by atoms with Gasteiger partial charge in [0.1, 0.15) is 0 Å². The predicted molar refractivity (Wildman–Crippen MR) is 71.5 cm³/mol. The molecule has 0 bridgehead atoms. The van der Waals surface area contributed by atoms with Crippen molar-refractivity contribution >= 4 is 11.6 Å². The summed E-state index contributed by atoms with van der Waals surface area (Å²) < 4.78 is 5.94. The first-order valence-electron chi connectivity index (χ1n) is 6.28. The predicted octanol–water partition coefficient (Wildman–Crippen LogP) is 3.56. The molecule has 0 aromatic heterocycles. The van der Waals surface area contributed by atoms with E-state index in [1.807, 2.05) is 12.1 Å². The van der Waals surface area contributed by atoms with E-state index >= 15 is 0 Å². The van der Waals surface area contributed by atoms with Gasteiger partial charge in [-0.2, -0.15) is 0 Å². The van der Waals surface area contributed by atoms with Crippen LogP contribution in [0.1, 0.15) is 38.3 Å². The molecule has 1 aromatic carbocycles. The molecule has 2 unspecified atom stereocenters. The molecule has 0 spiro atoms. The van der Waals surface area contributed by atoms with Gasteiger partial charge in [0.15, 0.2) is 0 Å². The van der Waals surface area contributed by atoms with E-state index in [4.69, 9.17) is 16.3 Å². The van der Waals surface area contributed by atoms with Gasteiger partial charge in [0.2, 0.25) is 0 Å². The summed E-state index contributed by atoms with van der Waals surface area (Å²) in [7, 11) is 0. The van der Waals surface area contributed by atoms with Crippen molar-refractivity contribution in [2.24, 2.45) is 0 Å². The molecule has 1 aliphatic rings. The molecule has 0 saturated carbocycles. The summed E-state index contributed by atoms with van der Waals surface area (Å²) in [5.74, 6) is 0. The van der Waals surface area contributed by atoms with Crippen molar-refractivity contribution < 1.29 is 4.74 Å². The number of benzene rings is 1. The van der Waals surface area contributed by atoms with E-state index in [0.717, 1.165) is 31.0 Å². The van der Waals surface area contributed by atoms with Crippen LogP contribution < -0.4 is 5.32 Å². The number of likely N-dealkylation sites (N-methyl/N-ethyl adjacent to an activating group) is 1. The minimum atomic E-state index is -0.0934. The monoisotopic (exact) mass is 253 g/mol. The van der Waals surface area contributed by atoms with Gasteiger partial charge >= 0.3 is 0 Å². The SMILES string of the molecule is CCNC(c1ccc(Cl)cc1)C1(C)CCCO1. The smallest absolute Gasteiger partial charge is 0.0849 e. The minimum Gasteiger partial charge on any atom is -0.373 e. The first-order chi connectivity index (χ1) is 8.15. The zero-order chi connectivity index (χ0) is 12.3. The summed E-state index contributed by atoms with van der Waals surface area (Å²) in [6.07, 6.45) is 2.25. The van der Waals surface area contributed by atoms with E-state index in [1.165, 1.54) is 5.56 Å². The van der Waals surface area contributed by atoms with Crippen LogP contribution >= 0.6 is 11.6 Å². The molecule has 0 amide bonds. The molecule has 1 saturated heterocycles. The van der Waals surface area contributed by atoms with E-state index in [1.54, 1.807) is 0 Å². The zero-order valence-corrected chi connectivity index (χ0v) is 11.3. The molecule has 17 heavy (non-hydrogen) atoms. The minimum absolute atomic E-state index is 0.0934. The van der Waals surface area contributed by atoms with Crippen molar-refractivity contribution in [3.63, 3.8) is 0 Å². The van der Waals surface area contributed by atoms with Gasteiger partial charge < -0.3 is 10.1 Å². The average molecular weight is 254 g/mol. The van der Waals surface area contributed by atoms with Gasteiger partial charge in [-0.3, -0.25) is 0 Å². The Morgan fingerprint density at radius 1 is 1.41 bits per heavy atom. The van der Waals surface area contributed by atoms with Crippen LogP contribution in [0, 0.1) is 0 Å². The molecule has 3 heteroatoms. The van der Waals surface area contributed by atoms with E-state index in [0.29, 0.717) is 0 Å². The standard InChI is InChI=1S/C14H20ClNO/c1-3-16-13(14(2)9-4-10-17-14)11-5-7-12(15)8-6-11/h5-8,13,16H,3-4,9-10H2,1-2H3. The molecule has 1 N–H and O–H groups in total. The molecule has 1 fully saturated rings. The Labute approximate surface area is 108 Å². The summed E-state index contributed by atoms with van der Waals surface area (Å²) in [6.45, 7) is 6.13. The van der Waals surface area contributed by atoms with Crippen LogP contribution in [0.3, 0.4) is 0 Å². The number of hydrogen-bond acceptors (Lipinski definition) is 2. The van der Waals surface area contributed by atoms with Gasteiger partial charge in [0.25, 0.3) is 0 Å². The topological polar surface area (TPSA) is 21.3 Å². The lowest BCUT2D eigenvalue weighted by Gasteiger charge is -2.34. The van der Waals surface area contributed by atoms with Crippen molar-refractivity contribution in [1.29, 1.82) is 0 Å². The number of rotatable bonds is 4. The third kappa shape index (κ3) is 2.82. The summed E-state index contributed by atoms with van der Waals surface area (Å²) in [5, 5.41) is 4.31. The number of nitrogens with one attached hydrogen (secondary N) is 1. The number of halogens is 1. The number of ether oxygens (including phenoxy) is 1. The highest BCUT2D eigenvalue weighted by Gasteiger charge is 2.38. The molecule has 2 rings (SSSR count). The third-order valence-corrected chi connectivity index (χ3v) is 3.72. The van der Waals surface area contributed by atoms with E-state index in [2.05, 4.69) is 31.3 Å².